The van der Waals surface area contributed by atoms with Gasteiger partial charge in [-0.2, -0.15) is 0 Å². The van der Waals surface area contributed by atoms with Crippen LogP contribution in [0.15, 0.2) is 72.8 Å². The first-order chi connectivity index (χ1) is 15.3. The van der Waals surface area contributed by atoms with Gasteiger partial charge in [-0.25, -0.2) is 0 Å². The molecule has 6 rings (SSSR count). The zero-order chi connectivity index (χ0) is 22.1. The van der Waals surface area contributed by atoms with Gasteiger partial charge in [-0.05, 0) is 0 Å². The molecule has 0 N–H and O–H groups in total. The van der Waals surface area contributed by atoms with Crippen LogP contribution in [-0.4, -0.2) is 37.8 Å². The second kappa shape index (κ2) is 7.03. The molecule has 1 saturated heterocycles. The molecular weight excluding hydrogens is 460 g/mol. The summed E-state index contributed by atoms with van der Waals surface area (Å²) >= 11 is 0.145. The van der Waals surface area contributed by atoms with Gasteiger partial charge in [0.1, 0.15) is 0 Å². The van der Waals surface area contributed by atoms with Crippen molar-refractivity contribution in [2.45, 2.75) is 38.9 Å². The van der Waals surface area contributed by atoms with Gasteiger partial charge in [-0.15, -0.1) is 0 Å². The maximum atomic E-state index is 6.30. The van der Waals surface area contributed by atoms with Crippen LogP contribution in [0.25, 0.3) is 41.5 Å². The van der Waals surface area contributed by atoms with Crippen LogP contribution >= 0.6 is 0 Å². The Morgan fingerprint density at radius 1 is 0.750 bits per heavy atom. The molecule has 5 aromatic rings. The molecule has 158 valence electrons. The summed E-state index contributed by atoms with van der Waals surface area (Å²) in [4.78, 5) is 5.03. The quantitative estimate of drug-likeness (QED) is 0.308. The molecule has 0 amide bonds. The van der Waals surface area contributed by atoms with Crippen LogP contribution < -0.4 is 5.46 Å². The number of hydrogen-bond donors (Lipinski definition) is 0. The van der Waals surface area contributed by atoms with E-state index in [1.54, 1.807) is 0 Å². The van der Waals surface area contributed by atoms with Gasteiger partial charge in [0.25, 0.3) is 0 Å². The van der Waals surface area contributed by atoms with E-state index >= 15 is 0 Å². The van der Waals surface area contributed by atoms with Crippen LogP contribution in [-0.2, 0) is 9.31 Å². The molecule has 1 aliphatic heterocycles. The average Bonchev–Trinajstić information content (AvgIpc) is 3.31. The summed E-state index contributed by atoms with van der Waals surface area (Å²) in [5.74, 6) is 0. The van der Waals surface area contributed by atoms with E-state index in [9.17, 15) is 0 Å². The molecule has 0 spiro atoms. The average molecular weight is 484 g/mol. The first kappa shape index (κ1) is 20.2. The Bertz CT molecular complexity index is 1490. The Balaban J connectivity index is 1.46. The zero-order valence-electron chi connectivity index (χ0n) is 18.7. The maximum absolute atomic E-state index is 6.30. The molecule has 3 nitrogen and oxygen atoms in total. The minimum absolute atomic E-state index is 0.145. The molecule has 5 heteroatoms. The van der Waals surface area contributed by atoms with Crippen molar-refractivity contribution in [1.82, 2.24) is 4.98 Å². The standard InChI is InChI=1S/C27H24BNO2Se/c1-26(2)27(3,4)31-28(30-26)21-13-11-18-12-14-23-24(22(18)16-21)32-25(29-23)20-10-9-17-7-5-6-8-19(17)15-20/h5-16H,1-4H3. The van der Waals surface area contributed by atoms with Crippen molar-refractivity contribution in [2.75, 3.05) is 0 Å². The Kier molecular flexibility index (Phi) is 4.44. The summed E-state index contributed by atoms with van der Waals surface area (Å²) in [6.07, 6.45) is 0. The number of benzene rings is 4. The van der Waals surface area contributed by atoms with Crippen LogP contribution in [0.3, 0.4) is 0 Å². The monoisotopic (exact) mass is 485 g/mol. The van der Waals surface area contributed by atoms with Gasteiger partial charge in [-0.3, -0.25) is 0 Å². The predicted molar refractivity (Wildman–Crippen MR) is 135 cm³/mol. The fourth-order valence-corrected chi connectivity index (χ4v) is 6.57. The summed E-state index contributed by atoms with van der Waals surface area (Å²) in [6, 6.07) is 26.0. The molecular formula is C27H24BNO2Se. The minimum atomic E-state index is -0.352. The Labute approximate surface area is 194 Å². The molecule has 1 aliphatic rings. The molecule has 0 saturated carbocycles. The molecule has 2 heterocycles. The van der Waals surface area contributed by atoms with Crippen molar-refractivity contribution < 1.29 is 9.31 Å². The van der Waals surface area contributed by atoms with Crippen molar-refractivity contribution in [3.8, 4) is 10.1 Å². The van der Waals surface area contributed by atoms with Gasteiger partial charge >= 0.3 is 195 Å². The number of fused-ring (bicyclic) bond motifs is 4. The zero-order valence-corrected chi connectivity index (χ0v) is 20.4. The summed E-state index contributed by atoms with van der Waals surface area (Å²) in [5, 5.41) is 5.01. The number of nitrogens with zero attached hydrogens (tertiary/aromatic N) is 1. The van der Waals surface area contributed by atoms with Gasteiger partial charge in [0.05, 0.1) is 0 Å². The molecule has 0 unspecified atom stereocenters. The van der Waals surface area contributed by atoms with Crippen LogP contribution in [0.1, 0.15) is 27.7 Å². The van der Waals surface area contributed by atoms with Gasteiger partial charge in [0, 0.05) is 0 Å². The van der Waals surface area contributed by atoms with Crippen molar-refractivity contribution in [3.63, 3.8) is 0 Å². The Morgan fingerprint density at radius 2 is 1.44 bits per heavy atom. The van der Waals surface area contributed by atoms with Crippen molar-refractivity contribution in [3.05, 3.63) is 72.8 Å². The molecule has 0 atom stereocenters. The first-order valence-electron chi connectivity index (χ1n) is 11.0. The number of rotatable bonds is 2. The second-order valence-electron chi connectivity index (χ2n) is 9.56. The van der Waals surface area contributed by atoms with Crippen LogP contribution in [0, 0.1) is 0 Å². The molecule has 1 aromatic heterocycles. The van der Waals surface area contributed by atoms with Crippen LogP contribution in [0.5, 0.6) is 0 Å². The Morgan fingerprint density at radius 3 is 2.22 bits per heavy atom. The van der Waals surface area contributed by atoms with Gasteiger partial charge in [0.15, 0.2) is 0 Å². The molecule has 4 aromatic carbocycles. The molecule has 0 radical (unpaired) electrons. The fraction of sp³-hybridized carbons (Fsp3) is 0.222. The number of aromatic nitrogens is 1. The van der Waals surface area contributed by atoms with Crippen LogP contribution in [0.2, 0.25) is 0 Å². The van der Waals surface area contributed by atoms with E-state index < -0.39 is 0 Å². The predicted octanol–water partition coefficient (Wildman–Crippen LogP) is 5.56. The molecule has 1 fully saturated rings. The van der Waals surface area contributed by atoms with Gasteiger partial charge < -0.3 is 0 Å². The molecule has 32 heavy (non-hydrogen) atoms. The number of hydrogen-bond acceptors (Lipinski definition) is 3. The summed E-state index contributed by atoms with van der Waals surface area (Å²) < 4.78 is 15.1. The van der Waals surface area contributed by atoms with Gasteiger partial charge in [-0.1, -0.05) is 0 Å². The normalized spacial score (nSPS) is 17.6. The van der Waals surface area contributed by atoms with E-state index in [1.807, 2.05) is 0 Å². The third kappa shape index (κ3) is 3.15. The van der Waals surface area contributed by atoms with Crippen LogP contribution in [0.4, 0.5) is 0 Å². The summed E-state index contributed by atoms with van der Waals surface area (Å²) in [5.41, 5.74) is 2.68. The third-order valence-corrected chi connectivity index (χ3v) is 9.34. The molecule has 0 aliphatic carbocycles. The first-order valence-corrected chi connectivity index (χ1v) is 12.7. The Hall–Kier alpha value is -2.43. The van der Waals surface area contributed by atoms with Crippen molar-refractivity contribution >= 4 is 58.4 Å². The van der Waals surface area contributed by atoms with E-state index in [1.165, 1.54) is 35.9 Å². The third-order valence-electron chi connectivity index (χ3n) is 6.92. The van der Waals surface area contributed by atoms with E-state index in [2.05, 4.69) is 100 Å². The van der Waals surface area contributed by atoms with E-state index in [-0.39, 0.29) is 32.8 Å². The topological polar surface area (TPSA) is 31.4 Å². The van der Waals surface area contributed by atoms with Crippen molar-refractivity contribution in [1.29, 1.82) is 0 Å². The summed E-state index contributed by atoms with van der Waals surface area (Å²) in [7, 11) is -0.352. The summed E-state index contributed by atoms with van der Waals surface area (Å²) in [6.45, 7) is 8.38. The SMILES string of the molecule is CC1(C)OB(c2ccc3ccc4nc(-c5ccc6ccccc6c5)[se]c4c3c2)OC1(C)C. The second-order valence-corrected chi connectivity index (χ2v) is 11.7. The van der Waals surface area contributed by atoms with Crippen molar-refractivity contribution in [2.24, 2.45) is 0 Å². The van der Waals surface area contributed by atoms with Gasteiger partial charge in [0.2, 0.25) is 0 Å². The fourth-order valence-electron chi connectivity index (χ4n) is 4.29. The van der Waals surface area contributed by atoms with E-state index in [0.717, 1.165) is 11.0 Å². The van der Waals surface area contributed by atoms with E-state index in [4.69, 9.17) is 14.3 Å². The molecule has 0 bridgehead atoms. The van der Waals surface area contributed by atoms with E-state index in [0.29, 0.717) is 0 Å².